The van der Waals surface area contributed by atoms with E-state index in [4.69, 9.17) is 14.6 Å². The molecular weight excluding hydrogens is 725 g/mol. The second-order valence-electron chi connectivity index (χ2n) is 13.6. The van der Waals surface area contributed by atoms with Crippen LogP contribution in [0.4, 0.5) is 11.4 Å². The molecule has 0 radical (unpaired) electrons. The lowest BCUT2D eigenvalue weighted by Gasteiger charge is -2.26. The van der Waals surface area contributed by atoms with Gasteiger partial charge in [0.05, 0.1) is 30.1 Å². The summed E-state index contributed by atoms with van der Waals surface area (Å²) in [6.07, 6.45) is 7.17. The lowest BCUT2D eigenvalue weighted by atomic mass is 10.1. The van der Waals surface area contributed by atoms with Crippen LogP contribution in [0.5, 0.6) is 5.88 Å². The molecule has 3 N–H and O–H groups in total. The Morgan fingerprint density at radius 1 is 0.772 bits per heavy atom. The molecule has 57 heavy (non-hydrogen) atoms. The van der Waals surface area contributed by atoms with E-state index < -0.39 is 0 Å². The summed E-state index contributed by atoms with van der Waals surface area (Å²) in [5, 5.41) is 18.0. The first-order valence-corrected chi connectivity index (χ1v) is 18.5. The molecule has 0 bridgehead atoms. The molecule has 4 aromatic heterocycles. The number of amides is 3. The third kappa shape index (κ3) is 8.44. The SMILES string of the molecule is Cn1cc(NC(=O)c2cc(NC(=O)c3ccc(C=Cc4cc5ccccc5nc4On4nnc5ccccc54)cc3)cn2C)cc1C(=O)NCCN1CCOCC1. The molecule has 1 aliphatic rings. The van der Waals surface area contributed by atoms with Gasteiger partial charge in [-0.15, -0.1) is 5.10 Å². The second-order valence-corrected chi connectivity index (χ2v) is 13.6. The standard InChI is InChI=1S/C42H40N10O5/c1-49-27-33(24-37(49)40(54)43-17-18-51-19-21-56-22-20-51)45-41(55)38-25-32(26-50(38)2)44-39(53)29-14-11-28(12-15-29)13-16-31-23-30-7-3-4-8-34(30)46-42(31)57-52-36-10-6-5-9-35(36)47-48-52/h3-16,23-27H,17-22H2,1-2H3,(H,43,54)(H,44,53)(H,45,55). The van der Waals surface area contributed by atoms with Gasteiger partial charge < -0.3 is 34.7 Å². The average Bonchev–Trinajstić information content (AvgIpc) is 3.93. The summed E-state index contributed by atoms with van der Waals surface area (Å²) in [5.41, 5.74) is 5.91. The molecule has 3 amide bonds. The maximum Gasteiger partial charge on any atom is 0.272 e. The number of anilines is 2. The molecule has 5 heterocycles. The molecule has 0 unspecified atom stereocenters. The number of hydrogen-bond donors (Lipinski definition) is 3. The van der Waals surface area contributed by atoms with Crippen molar-refractivity contribution in [2.24, 2.45) is 14.1 Å². The second kappa shape index (κ2) is 16.3. The van der Waals surface area contributed by atoms with Crippen molar-refractivity contribution in [1.82, 2.24) is 39.5 Å². The van der Waals surface area contributed by atoms with E-state index in [1.165, 1.54) is 4.85 Å². The highest BCUT2D eigenvalue weighted by molar-refractivity contribution is 6.07. The number of morpholine rings is 1. The Morgan fingerprint density at radius 3 is 2.19 bits per heavy atom. The number of aromatic nitrogens is 6. The Labute approximate surface area is 327 Å². The minimum atomic E-state index is -0.385. The van der Waals surface area contributed by atoms with Crippen LogP contribution in [0.1, 0.15) is 42.5 Å². The van der Waals surface area contributed by atoms with E-state index in [-0.39, 0.29) is 17.7 Å². The number of hydrogen-bond acceptors (Lipinski definition) is 9. The highest BCUT2D eigenvalue weighted by Crippen LogP contribution is 2.26. The van der Waals surface area contributed by atoms with Crippen LogP contribution in [-0.4, -0.2) is 91.3 Å². The Kier molecular flexibility index (Phi) is 10.6. The maximum absolute atomic E-state index is 13.3. The molecular formula is C42H40N10O5. The molecule has 288 valence electrons. The van der Waals surface area contributed by atoms with Crippen LogP contribution in [0, 0.1) is 0 Å². The molecule has 0 aliphatic carbocycles. The summed E-state index contributed by atoms with van der Waals surface area (Å²) < 4.78 is 8.68. The van der Waals surface area contributed by atoms with E-state index in [1.807, 2.05) is 78.9 Å². The van der Waals surface area contributed by atoms with Crippen molar-refractivity contribution in [3.05, 3.63) is 131 Å². The van der Waals surface area contributed by atoms with Crippen LogP contribution in [-0.2, 0) is 18.8 Å². The van der Waals surface area contributed by atoms with Crippen LogP contribution in [0.3, 0.4) is 0 Å². The highest BCUT2D eigenvalue weighted by atomic mass is 16.7. The predicted octanol–water partition coefficient (Wildman–Crippen LogP) is 5.24. The van der Waals surface area contributed by atoms with E-state index in [2.05, 4.69) is 31.2 Å². The molecule has 3 aromatic carbocycles. The third-order valence-corrected chi connectivity index (χ3v) is 9.65. The zero-order chi connectivity index (χ0) is 39.3. The van der Waals surface area contributed by atoms with Crippen molar-refractivity contribution in [2.75, 3.05) is 50.0 Å². The zero-order valence-corrected chi connectivity index (χ0v) is 31.4. The van der Waals surface area contributed by atoms with Crippen molar-refractivity contribution in [1.29, 1.82) is 0 Å². The summed E-state index contributed by atoms with van der Waals surface area (Å²) in [6.45, 7) is 4.35. The number of rotatable bonds is 12. The van der Waals surface area contributed by atoms with Gasteiger partial charge in [-0.2, -0.15) is 0 Å². The van der Waals surface area contributed by atoms with Gasteiger partial charge in [0.2, 0.25) is 0 Å². The largest absolute Gasteiger partial charge is 0.379 e. The third-order valence-electron chi connectivity index (χ3n) is 9.65. The Hall–Kier alpha value is -7.10. The predicted molar refractivity (Wildman–Crippen MR) is 217 cm³/mol. The Morgan fingerprint density at radius 2 is 1.44 bits per heavy atom. The minimum absolute atomic E-state index is 0.224. The van der Waals surface area contributed by atoms with Crippen molar-refractivity contribution < 1.29 is 24.0 Å². The van der Waals surface area contributed by atoms with Crippen molar-refractivity contribution in [2.45, 2.75) is 0 Å². The molecule has 8 rings (SSSR count). The quantitative estimate of drug-likeness (QED) is 0.151. The molecule has 15 nitrogen and oxygen atoms in total. The lowest BCUT2D eigenvalue weighted by molar-refractivity contribution is 0.0383. The summed E-state index contributed by atoms with van der Waals surface area (Å²) in [4.78, 5) is 53.9. The number of carbonyl (C=O) groups excluding carboxylic acids is 3. The highest BCUT2D eigenvalue weighted by Gasteiger charge is 2.18. The van der Waals surface area contributed by atoms with Gasteiger partial charge in [-0.25, -0.2) is 4.98 Å². The van der Waals surface area contributed by atoms with Crippen LogP contribution in [0.25, 0.3) is 34.1 Å². The van der Waals surface area contributed by atoms with Crippen molar-refractivity contribution >= 4 is 63.2 Å². The van der Waals surface area contributed by atoms with Gasteiger partial charge >= 0.3 is 0 Å². The fourth-order valence-corrected chi connectivity index (χ4v) is 6.59. The average molecular weight is 765 g/mol. The van der Waals surface area contributed by atoms with Gasteiger partial charge in [0, 0.05) is 69.2 Å². The Bertz CT molecular complexity index is 2620. The normalized spacial score (nSPS) is 13.3. The minimum Gasteiger partial charge on any atom is -0.379 e. The number of benzene rings is 3. The van der Waals surface area contributed by atoms with E-state index in [9.17, 15) is 14.4 Å². The molecule has 1 saturated heterocycles. The lowest BCUT2D eigenvalue weighted by Crippen LogP contribution is -2.41. The van der Waals surface area contributed by atoms with Crippen LogP contribution < -0.4 is 20.8 Å². The molecule has 0 spiro atoms. The van der Waals surface area contributed by atoms with Gasteiger partial charge in [0.25, 0.3) is 23.6 Å². The first kappa shape index (κ1) is 36.9. The number of ether oxygens (including phenoxy) is 1. The van der Waals surface area contributed by atoms with Gasteiger partial charge in [-0.1, -0.05) is 53.4 Å². The maximum atomic E-state index is 13.3. The zero-order valence-electron chi connectivity index (χ0n) is 31.4. The summed E-state index contributed by atoms with van der Waals surface area (Å²) in [5.74, 6) is -0.578. The number of pyridine rings is 1. The van der Waals surface area contributed by atoms with Gasteiger partial charge in [-0.3, -0.25) is 19.3 Å². The Balaban J connectivity index is 0.893. The molecule has 7 aromatic rings. The molecule has 1 aliphatic heterocycles. The van der Waals surface area contributed by atoms with Crippen LogP contribution in [0.15, 0.2) is 103 Å². The first-order chi connectivity index (χ1) is 27.8. The van der Waals surface area contributed by atoms with Crippen LogP contribution in [0.2, 0.25) is 0 Å². The van der Waals surface area contributed by atoms with Crippen molar-refractivity contribution in [3.8, 4) is 5.88 Å². The number of nitrogens with zero attached hydrogens (tertiary/aromatic N) is 7. The topological polar surface area (TPSA) is 162 Å². The number of para-hydroxylation sites is 2. The van der Waals surface area contributed by atoms with E-state index in [1.54, 1.807) is 59.9 Å². The molecule has 0 atom stereocenters. The number of carbonyl (C=O) groups is 3. The summed E-state index contributed by atoms with van der Waals surface area (Å²) >= 11 is 0. The fourth-order valence-electron chi connectivity index (χ4n) is 6.59. The van der Waals surface area contributed by atoms with Crippen LogP contribution >= 0.6 is 0 Å². The van der Waals surface area contributed by atoms with Gasteiger partial charge in [0.1, 0.15) is 22.4 Å². The monoisotopic (exact) mass is 764 g/mol. The first-order valence-electron chi connectivity index (χ1n) is 18.5. The van der Waals surface area contributed by atoms with E-state index >= 15 is 0 Å². The summed E-state index contributed by atoms with van der Waals surface area (Å²) in [7, 11) is 3.47. The summed E-state index contributed by atoms with van der Waals surface area (Å²) in [6, 6.07) is 27.7. The van der Waals surface area contributed by atoms with Gasteiger partial charge in [-0.05, 0) is 65.4 Å². The van der Waals surface area contributed by atoms with Gasteiger partial charge in [0.15, 0.2) is 0 Å². The van der Waals surface area contributed by atoms with E-state index in [0.717, 1.165) is 41.7 Å². The number of aryl methyl sites for hydroxylation is 2. The van der Waals surface area contributed by atoms with Crippen molar-refractivity contribution in [3.63, 3.8) is 0 Å². The number of nitrogens with one attached hydrogen (secondary N) is 3. The molecule has 15 heteroatoms. The smallest absolute Gasteiger partial charge is 0.272 e. The van der Waals surface area contributed by atoms with E-state index in [0.29, 0.717) is 65.0 Å². The fraction of sp³-hybridized carbons (Fsp3) is 0.190. The molecule has 1 fully saturated rings. The number of fused-ring (bicyclic) bond motifs is 2. The molecule has 0 saturated carbocycles.